The van der Waals surface area contributed by atoms with Crippen LogP contribution in [0.2, 0.25) is 0 Å². The van der Waals surface area contributed by atoms with Crippen molar-refractivity contribution >= 4 is 19.8 Å². The van der Waals surface area contributed by atoms with Crippen molar-refractivity contribution in [2.45, 2.75) is 193 Å². The Morgan fingerprint density at radius 2 is 0.803 bits per heavy atom. The summed E-state index contributed by atoms with van der Waals surface area (Å²) in [5.41, 5.74) is 0. The van der Waals surface area contributed by atoms with E-state index in [2.05, 4.69) is 148 Å². The summed E-state index contributed by atoms with van der Waals surface area (Å²) >= 11 is 0. The second-order valence-corrected chi connectivity index (χ2v) is 20.3. The molecule has 2 unspecified atom stereocenters. The first kappa shape index (κ1) is 67.1. The highest BCUT2D eigenvalue weighted by atomic mass is 31.2. The smallest absolute Gasteiger partial charge is 0.462 e. The van der Waals surface area contributed by atoms with Gasteiger partial charge in [-0.1, -0.05) is 199 Å². The normalized spacial score (nSPS) is 14.4. The van der Waals surface area contributed by atoms with Gasteiger partial charge in [0.15, 0.2) is 6.10 Å². The van der Waals surface area contributed by atoms with E-state index in [0.717, 1.165) is 148 Å². The number of carbonyl (C=O) groups is 2. The minimum Gasteiger partial charge on any atom is -0.462 e. The summed E-state index contributed by atoms with van der Waals surface area (Å²) in [4.78, 5) is 35.4. The number of rotatable bonds is 48. The van der Waals surface area contributed by atoms with Crippen molar-refractivity contribution in [3.63, 3.8) is 0 Å². The van der Waals surface area contributed by atoms with Gasteiger partial charge in [0.2, 0.25) is 0 Å². The van der Waals surface area contributed by atoms with Gasteiger partial charge in [-0.2, -0.15) is 0 Å². The van der Waals surface area contributed by atoms with Gasteiger partial charge >= 0.3 is 19.8 Å². The standard InChI is InChI=1S/C61H100NO8P/c1-6-8-10-12-14-16-18-19-20-21-22-23-24-25-26-27-28-29-30-31-32-33-34-35-36-37-38-39-40-41-42-43-44-46-48-50-52-54-61(64)70-59(58-69-71(65,66)68-56-55-62(3,4)5)57-67-60(63)53-51-49-47-45-17-15-13-11-9-7-2/h8,10-11,13-14,16,19-20,22-23,25-26,28-29,31-32,34-35,37-38,40-41,59H,6-7,9,12,15,17-18,21,24,27,30,33,36,39,42-58H2,1-5H3/p+1/b10-8-,13-11-,16-14-,20-19-,23-22-,26-25-,29-28-,32-31-,35-34-,38-37-,41-40-. The lowest BCUT2D eigenvalue weighted by Gasteiger charge is -2.24. The maximum absolute atomic E-state index is 12.7. The number of nitrogens with zero attached hydrogens (tertiary/aromatic N) is 1. The molecule has 0 radical (unpaired) electrons. The zero-order chi connectivity index (χ0) is 52.0. The topological polar surface area (TPSA) is 108 Å². The van der Waals surface area contributed by atoms with Crippen molar-refractivity contribution in [2.75, 3.05) is 47.5 Å². The number of phosphoric ester groups is 1. The average molecular weight is 1010 g/mol. The zero-order valence-corrected chi connectivity index (χ0v) is 46.3. The number of ether oxygens (including phenoxy) is 2. The van der Waals surface area contributed by atoms with E-state index in [1.807, 2.05) is 21.1 Å². The highest BCUT2D eigenvalue weighted by Gasteiger charge is 2.27. The zero-order valence-electron chi connectivity index (χ0n) is 45.4. The lowest BCUT2D eigenvalue weighted by Crippen LogP contribution is -2.37. The third-order valence-electron chi connectivity index (χ3n) is 10.9. The van der Waals surface area contributed by atoms with Crippen LogP contribution < -0.4 is 0 Å². The van der Waals surface area contributed by atoms with Crippen molar-refractivity contribution < 1.29 is 42.1 Å². The molecule has 0 saturated carbocycles. The van der Waals surface area contributed by atoms with Crippen LogP contribution in [0.1, 0.15) is 187 Å². The lowest BCUT2D eigenvalue weighted by molar-refractivity contribution is -0.870. The number of esters is 2. The van der Waals surface area contributed by atoms with Crippen LogP contribution in [-0.4, -0.2) is 74.9 Å². The maximum atomic E-state index is 12.7. The highest BCUT2D eigenvalue weighted by molar-refractivity contribution is 7.47. The van der Waals surface area contributed by atoms with Crippen molar-refractivity contribution in [2.24, 2.45) is 0 Å². The van der Waals surface area contributed by atoms with Gasteiger partial charge in [0, 0.05) is 12.8 Å². The van der Waals surface area contributed by atoms with Gasteiger partial charge < -0.3 is 18.9 Å². The van der Waals surface area contributed by atoms with Gasteiger partial charge in [0.25, 0.3) is 0 Å². The molecule has 0 aliphatic carbocycles. The molecular formula is C61H101NO8P+. The van der Waals surface area contributed by atoms with Crippen LogP contribution in [0.5, 0.6) is 0 Å². The molecule has 71 heavy (non-hydrogen) atoms. The summed E-state index contributed by atoms with van der Waals surface area (Å²) in [5, 5.41) is 0. The average Bonchev–Trinajstić information content (AvgIpc) is 3.33. The molecule has 0 aromatic heterocycles. The van der Waals surface area contributed by atoms with E-state index in [1.54, 1.807) is 0 Å². The van der Waals surface area contributed by atoms with E-state index < -0.39 is 26.5 Å². The van der Waals surface area contributed by atoms with Gasteiger partial charge in [0.05, 0.1) is 27.7 Å². The molecule has 0 fully saturated rings. The lowest BCUT2D eigenvalue weighted by atomic mass is 10.1. The molecule has 0 heterocycles. The molecule has 0 rings (SSSR count). The Bertz CT molecular complexity index is 1660. The minimum atomic E-state index is -4.39. The molecule has 0 spiro atoms. The predicted molar refractivity (Wildman–Crippen MR) is 302 cm³/mol. The molecule has 0 aromatic carbocycles. The van der Waals surface area contributed by atoms with E-state index in [1.165, 1.54) is 6.42 Å². The van der Waals surface area contributed by atoms with Crippen molar-refractivity contribution in [3.05, 3.63) is 134 Å². The van der Waals surface area contributed by atoms with Crippen LogP contribution in [0, 0.1) is 0 Å². The number of allylic oxidation sites excluding steroid dienone is 22. The van der Waals surface area contributed by atoms with Gasteiger partial charge in [-0.25, -0.2) is 4.57 Å². The number of carbonyl (C=O) groups excluding carboxylic acids is 2. The molecule has 402 valence electrons. The van der Waals surface area contributed by atoms with Crippen LogP contribution in [0.25, 0.3) is 0 Å². The Balaban J connectivity index is 4.15. The van der Waals surface area contributed by atoms with Crippen LogP contribution >= 0.6 is 7.82 Å². The summed E-state index contributed by atoms with van der Waals surface area (Å²) in [7, 11) is 1.44. The SMILES string of the molecule is CC/C=C\C/C=C\C/C=C\C/C=C\C/C=C\C/C=C\C/C=C\C/C=C\C/C=C\C/C=C\CCCCCCCCC(=O)OC(COC(=O)CCCCCCC/C=C\CCC)COP(=O)(O)OCC[N+](C)(C)C. The number of hydrogen-bond acceptors (Lipinski definition) is 7. The second-order valence-electron chi connectivity index (χ2n) is 18.9. The Kier molecular flexibility index (Phi) is 48.3. The molecular weight excluding hydrogens is 906 g/mol. The predicted octanol–water partition coefficient (Wildman–Crippen LogP) is 17.0. The van der Waals surface area contributed by atoms with E-state index in [9.17, 15) is 19.0 Å². The fraction of sp³-hybridized carbons (Fsp3) is 0.607. The van der Waals surface area contributed by atoms with Gasteiger partial charge in [-0.3, -0.25) is 18.6 Å². The minimum absolute atomic E-state index is 0.0202. The summed E-state index contributed by atoms with van der Waals surface area (Å²) in [6.45, 7) is 4.19. The summed E-state index contributed by atoms with van der Waals surface area (Å²) < 4.78 is 34.3. The first-order chi connectivity index (χ1) is 34.5. The summed E-state index contributed by atoms with van der Waals surface area (Å²) in [6.07, 6.45) is 73.9. The van der Waals surface area contributed by atoms with Crippen LogP contribution in [-0.2, 0) is 32.7 Å². The number of likely N-dealkylation sites (N-methyl/N-ethyl adjacent to an activating group) is 1. The van der Waals surface area contributed by atoms with E-state index in [0.29, 0.717) is 17.4 Å². The Labute approximate surface area is 434 Å². The Morgan fingerprint density at radius 1 is 0.451 bits per heavy atom. The molecule has 2 atom stereocenters. The quantitative estimate of drug-likeness (QED) is 0.0211. The fourth-order valence-electron chi connectivity index (χ4n) is 6.69. The third-order valence-corrected chi connectivity index (χ3v) is 11.9. The molecule has 0 aromatic rings. The first-order valence-electron chi connectivity index (χ1n) is 27.4. The molecule has 0 saturated heterocycles. The molecule has 0 bridgehead atoms. The highest BCUT2D eigenvalue weighted by Crippen LogP contribution is 2.43. The number of phosphoric acid groups is 1. The molecule has 0 aliphatic rings. The molecule has 0 amide bonds. The van der Waals surface area contributed by atoms with E-state index in [-0.39, 0.29) is 32.0 Å². The summed E-state index contributed by atoms with van der Waals surface area (Å²) in [5.74, 6) is -0.840. The summed E-state index contributed by atoms with van der Waals surface area (Å²) in [6, 6.07) is 0. The number of quaternary nitrogens is 1. The van der Waals surface area contributed by atoms with Gasteiger partial charge in [-0.05, 0) is 109 Å². The van der Waals surface area contributed by atoms with Gasteiger partial charge in [0.1, 0.15) is 19.8 Å². The molecule has 1 N–H and O–H groups in total. The van der Waals surface area contributed by atoms with Crippen molar-refractivity contribution in [1.82, 2.24) is 0 Å². The first-order valence-corrected chi connectivity index (χ1v) is 28.9. The Morgan fingerprint density at radius 3 is 1.21 bits per heavy atom. The van der Waals surface area contributed by atoms with Crippen molar-refractivity contribution in [1.29, 1.82) is 0 Å². The second kappa shape index (κ2) is 51.1. The largest absolute Gasteiger partial charge is 0.472 e. The number of unbranched alkanes of at least 4 members (excludes halogenated alkanes) is 12. The van der Waals surface area contributed by atoms with E-state index >= 15 is 0 Å². The van der Waals surface area contributed by atoms with Gasteiger partial charge in [-0.15, -0.1) is 0 Å². The molecule has 0 aliphatic heterocycles. The van der Waals surface area contributed by atoms with E-state index in [4.69, 9.17) is 18.5 Å². The third kappa shape index (κ3) is 55.3. The Hall–Kier alpha value is -3.85. The van der Waals surface area contributed by atoms with Crippen LogP contribution in [0.3, 0.4) is 0 Å². The molecule has 9 nitrogen and oxygen atoms in total. The molecule has 10 heteroatoms. The fourth-order valence-corrected chi connectivity index (χ4v) is 7.43. The number of hydrogen-bond donors (Lipinski definition) is 1. The maximum Gasteiger partial charge on any atom is 0.472 e. The van der Waals surface area contributed by atoms with Crippen LogP contribution in [0.15, 0.2) is 134 Å². The monoisotopic (exact) mass is 1010 g/mol. The van der Waals surface area contributed by atoms with Crippen molar-refractivity contribution in [3.8, 4) is 0 Å². The van der Waals surface area contributed by atoms with Crippen LogP contribution in [0.4, 0.5) is 0 Å².